The Balaban J connectivity index is 1.15. The molecule has 0 N–H and O–H groups in total. The van der Waals surface area contributed by atoms with Gasteiger partial charge in [-0.05, 0) is 86.9 Å². The molecule has 0 unspecified atom stereocenters. The van der Waals surface area contributed by atoms with Crippen LogP contribution in [0.1, 0.15) is 0 Å². The predicted molar refractivity (Wildman–Crippen MR) is 248 cm³/mol. The Morgan fingerprint density at radius 2 is 0.729 bits per heavy atom. The molecule has 0 aliphatic heterocycles. The van der Waals surface area contributed by atoms with E-state index in [-0.39, 0.29) is 0 Å². The summed E-state index contributed by atoms with van der Waals surface area (Å²) in [5.74, 6) is 0.905. The minimum atomic E-state index is 0.905. The van der Waals surface area contributed by atoms with Crippen LogP contribution in [0.2, 0.25) is 0 Å². The molecule has 0 atom stereocenters. The highest BCUT2D eigenvalue weighted by molar-refractivity contribution is 6.26. The number of hydrogen-bond acceptors (Lipinski definition) is 1. The van der Waals surface area contributed by atoms with Crippen LogP contribution in [0.3, 0.4) is 0 Å². The van der Waals surface area contributed by atoms with Crippen LogP contribution in [0.25, 0.3) is 115 Å². The van der Waals surface area contributed by atoms with E-state index < -0.39 is 0 Å². The van der Waals surface area contributed by atoms with Gasteiger partial charge in [-0.1, -0.05) is 152 Å². The SMILES string of the molecule is c1ccc(-n2c3ccccc3c3ccc4c5ccccc5n(-c5ccccc5-n5c(-c6ccc7c8ccccc8c8ccccc8c7c6)nc6ccccc65)c4c32)cc1. The van der Waals surface area contributed by atoms with Gasteiger partial charge >= 0.3 is 0 Å². The number of benzene rings is 10. The summed E-state index contributed by atoms with van der Waals surface area (Å²) in [4.78, 5) is 5.44. The molecular formula is C55H34N4. The average molecular weight is 751 g/mol. The number of para-hydroxylation sites is 7. The van der Waals surface area contributed by atoms with Crippen molar-refractivity contribution in [3.63, 3.8) is 0 Å². The van der Waals surface area contributed by atoms with Gasteiger partial charge in [0, 0.05) is 32.8 Å². The van der Waals surface area contributed by atoms with E-state index in [2.05, 4.69) is 220 Å². The molecule has 0 aliphatic rings. The summed E-state index contributed by atoms with van der Waals surface area (Å²) in [7, 11) is 0. The molecule has 0 amide bonds. The van der Waals surface area contributed by atoms with Gasteiger partial charge in [0.15, 0.2) is 0 Å². The highest BCUT2D eigenvalue weighted by Crippen LogP contribution is 2.44. The lowest BCUT2D eigenvalue weighted by Crippen LogP contribution is -2.05. The van der Waals surface area contributed by atoms with Crippen LogP contribution >= 0.6 is 0 Å². The first kappa shape index (κ1) is 32.2. The Morgan fingerprint density at radius 1 is 0.288 bits per heavy atom. The number of nitrogens with zero attached hydrogens (tertiary/aromatic N) is 4. The molecule has 13 rings (SSSR count). The number of fused-ring (bicyclic) bond motifs is 14. The first-order valence-electron chi connectivity index (χ1n) is 20.2. The zero-order valence-electron chi connectivity index (χ0n) is 31.9. The number of aromatic nitrogens is 4. The molecule has 10 aromatic carbocycles. The van der Waals surface area contributed by atoms with Gasteiger partial charge in [-0.25, -0.2) is 4.98 Å². The van der Waals surface area contributed by atoms with Crippen LogP contribution < -0.4 is 0 Å². The van der Waals surface area contributed by atoms with Gasteiger partial charge in [0.25, 0.3) is 0 Å². The summed E-state index contributed by atoms with van der Waals surface area (Å²) in [5.41, 5.74) is 11.1. The van der Waals surface area contributed by atoms with E-state index in [4.69, 9.17) is 4.98 Å². The third-order valence-electron chi connectivity index (χ3n) is 12.4. The Morgan fingerprint density at radius 3 is 1.37 bits per heavy atom. The molecule has 0 fully saturated rings. The van der Waals surface area contributed by atoms with Crippen molar-refractivity contribution in [1.82, 2.24) is 18.7 Å². The van der Waals surface area contributed by atoms with E-state index in [9.17, 15) is 0 Å². The quantitative estimate of drug-likeness (QED) is 0.165. The van der Waals surface area contributed by atoms with Crippen molar-refractivity contribution >= 4 is 87.0 Å². The molecule has 0 saturated carbocycles. The molecule has 3 aromatic heterocycles. The van der Waals surface area contributed by atoms with Crippen LogP contribution in [0.15, 0.2) is 206 Å². The normalized spacial score (nSPS) is 12.1. The smallest absolute Gasteiger partial charge is 0.145 e. The van der Waals surface area contributed by atoms with E-state index >= 15 is 0 Å². The van der Waals surface area contributed by atoms with Crippen LogP contribution in [-0.4, -0.2) is 18.7 Å². The zero-order valence-corrected chi connectivity index (χ0v) is 31.9. The lowest BCUT2D eigenvalue weighted by molar-refractivity contribution is 1.05. The molecule has 4 heteroatoms. The highest BCUT2D eigenvalue weighted by atomic mass is 15.1. The van der Waals surface area contributed by atoms with Crippen molar-refractivity contribution in [3.8, 4) is 28.5 Å². The lowest BCUT2D eigenvalue weighted by Gasteiger charge is -2.18. The van der Waals surface area contributed by atoms with Gasteiger partial charge < -0.3 is 9.13 Å². The summed E-state index contributed by atoms with van der Waals surface area (Å²) < 4.78 is 7.33. The predicted octanol–water partition coefficient (Wildman–Crippen LogP) is 14.3. The fourth-order valence-corrected chi connectivity index (χ4v) is 9.95. The molecule has 13 aromatic rings. The van der Waals surface area contributed by atoms with Gasteiger partial charge in [0.2, 0.25) is 0 Å². The topological polar surface area (TPSA) is 27.7 Å². The van der Waals surface area contributed by atoms with Crippen LogP contribution in [0.5, 0.6) is 0 Å². The van der Waals surface area contributed by atoms with E-state index in [1.165, 1.54) is 70.4 Å². The molecule has 3 heterocycles. The summed E-state index contributed by atoms with van der Waals surface area (Å²) in [5, 5.41) is 12.4. The fourth-order valence-electron chi connectivity index (χ4n) is 9.95. The van der Waals surface area contributed by atoms with Crippen LogP contribution in [0.4, 0.5) is 0 Å². The molecule has 59 heavy (non-hydrogen) atoms. The minimum Gasteiger partial charge on any atom is -0.307 e. The highest BCUT2D eigenvalue weighted by Gasteiger charge is 2.24. The molecule has 0 saturated heterocycles. The second-order valence-corrected chi connectivity index (χ2v) is 15.5. The van der Waals surface area contributed by atoms with Gasteiger partial charge in [-0.15, -0.1) is 0 Å². The maximum Gasteiger partial charge on any atom is 0.145 e. The largest absolute Gasteiger partial charge is 0.307 e. The second-order valence-electron chi connectivity index (χ2n) is 15.5. The van der Waals surface area contributed by atoms with E-state index in [0.29, 0.717) is 0 Å². The van der Waals surface area contributed by atoms with Gasteiger partial charge in [0.1, 0.15) is 5.82 Å². The number of hydrogen-bond donors (Lipinski definition) is 0. The van der Waals surface area contributed by atoms with Crippen molar-refractivity contribution in [3.05, 3.63) is 206 Å². The first-order chi connectivity index (χ1) is 29.3. The molecule has 0 radical (unpaired) electrons. The number of imidazole rings is 1. The van der Waals surface area contributed by atoms with Crippen LogP contribution in [-0.2, 0) is 0 Å². The first-order valence-corrected chi connectivity index (χ1v) is 20.2. The fraction of sp³-hybridized carbons (Fsp3) is 0. The summed E-state index contributed by atoms with van der Waals surface area (Å²) in [6.07, 6.45) is 0. The maximum atomic E-state index is 5.44. The zero-order chi connectivity index (χ0) is 38.6. The Bertz CT molecular complexity index is 3810. The Labute approximate surface area is 339 Å². The third kappa shape index (κ3) is 4.51. The molecular weight excluding hydrogens is 717 g/mol. The average Bonchev–Trinajstić information content (AvgIpc) is 3.97. The minimum absolute atomic E-state index is 0.905. The molecule has 0 spiro atoms. The lowest BCUT2D eigenvalue weighted by atomic mass is 9.93. The Hall–Kier alpha value is -7.95. The maximum absolute atomic E-state index is 5.44. The molecule has 0 bridgehead atoms. The molecule has 4 nitrogen and oxygen atoms in total. The molecule has 0 aliphatic carbocycles. The number of rotatable bonds is 4. The van der Waals surface area contributed by atoms with Crippen molar-refractivity contribution in [2.24, 2.45) is 0 Å². The van der Waals surface area contributed by atoms with Crippen molar-refractivity contribution < 1.29 is 0 Å². The van der Waals surface area contributed by atoms with Crippen molar-refractivity contribution in [2.75, 3.05) is 0 Å². The Kier molecular flexibility index (Phi) is 6.69. The standard InChI is InChI=1S/C55H34N4/c1-2-16-36(17-3-1)57-48-25-11-8-22-42(48)44-32-33-45-43-23-9-12-26-49(43)58(54(45)53(44)57)51-28-14-15-29-52(51)59-50-27-13-10-24-47(50)56-55(59)35-30-31-41-39-20-5-4-18-37(39)38-19-6-7-21-40(38)46(41)34-35/h1-34H. The summed E-state index contributed by atoms with van der Waals surface area (Å²) in [6.45, 7) is 0. The molecule has 274 valence electrons. The van der Waals surface area contributed by atoms with E-state index in [1.807, 2.05) is 0 Å². The van der Waals surface area contributed by atoms with Gasteiger partial charge in [-0.2, -0.15) is 0 Å². The second kappa shape index (κ2) is 12.3. The monoisotopic (exact) mass is 750 g/mol. The van der Waals surface area contributed by atoms with Crippen molar-refractivity contribution in [1.29, 1.82) is 0 Å². The summed E-state index contributed by atoms with van der Waals surface area (Å²) in [6, 6.07) is 74.9. The van der Waals surface area contributed by atoms with E-state index in [0.717, 1.165) is 45.0 Å². The van der Waals surface area contributed by atoms with Crippen LogP contribution in [0, 0.1) is 0 Å². The van der Waals surface area contributed by atoms with E-state index in [1.54, 1.807) is 0 Å². The van der Waals surface area contributed by atoms with Gasteiger partial charge in [0.05, 0.1) is 44.5 Å². The third-order valence-corrected chi connectivity index (χ3v) is 12.4. The summed E-state index contributed by atoms with van der Waals surface area (Å²) >= 11 is 0. The van der Waals surface area contributed by atoms with Crippen molar-refractivity contribution in [2.45, 2.75) is 0 Å². The van der Waals surface area contributed by atoms with Gasteiger partial charge in [-0.3, -0.25) is 4.57 Å².